The zero-order valence-corrected chi connectivity index (χ0v) is 6.70. The third kappa shape index (κ3) is 4.64. The minimum atomic E-state index is -1.11. The fourth-order valence-electron chi connectivity index (χ4n) is 0.575. The summed E-state index contributed by atoms with van der Waals surface area (Å²) in [5.74, 6) is -1.49. The van der Waals surface area contributed by atoms with Crippen LogP contribution in [0.1, 0.15) is 13.3 Å². The summed E-state index contributed by atoms with van der Waals surface area (Å²) in [6, 6.07) is -0.945. The van der Waals surface area contributed by atoms with Gasteiger partial charge in [-0.3, -0.25) is 15.0 Å². The first-order chi connectivity index (χ1) is 5.57. The molecule has 0 aliphatic carbocycles. The molecule has 0 aliphatic heterocycles. The third-order valence-electron chi connectivity index (χ3n) is 1.14. The van der Waals surface area contributed by atoms with E-state index >= 15 is 0 Å². The van der Waals surface area contributed by atoms with Crippen molar-refractivity contribution >= 4 is 11.9 Å². The molecule has 0 aliphatic rings. The van der Waals surface area contributed by atoms with E-state index in [0.29, 0.717) is 0 Å². The van der Waals surface area contributed by atoms with Gasteiger partial charge >= 0.3 is 5.97 Å². The SMILES string of the molecule is CC(=O)NN[C@H](CCO)C(=O)O. The van der Waals surface area contributed by atoms with E-state index < -0.39 is 12.0 Å². The molecule has 0 aromatic carbocycles. The molecule has 0 saturated carbocycles. The van der Waals surface area contributed by atoms with Gasteiger partial charge in [0.1, 0.15) is 6.04 Å². The zero-order valence-electron chi connectivity index (χ0n) is 6.70. The number of amides is 1. The highest BCUT2D eigenvalue weighted by atomic mass is 16.4. The molecule has 0 aromatic rings. The van der Waals surface area contributed by atoms with Gasteiger partial charge in [-0.1, -0.05) is 0 Å². The van der Waals surface area contributed by atoms with Crippen molar-refractivity contribution in [2.24, 2.45) is 0 Å². The molecule has 1 atom stereocenters. The van der Waals surface area contributed by atoms with E-state index in [2.05, 4.69) is 10.9 Å². The number of carbonyl (C=O) groups excluding carboxylic acids is 1. The number of aliphatic hydroxyl groups is 1. The second-order valence-electron chi connectivity index (χ2n) is 2.23. The number of hydrogen-bond donors (Lipinski definition) is 4. The van der Waals surface area contributed by atoms with Gasteiger partial charge in [0.25, 0.3) is 0 Å². The highest BCUT2D eigenvalue weighted by molar-refractivity contribution is 5.75. The average Bonchev–Trinajstić information content (AvgIpc) is 1.96. The molecule has 0 fully saturated rings. The molecule has 0 spiro atoms. The highest BCUT2D eigenvalue weighted by Crippen LogP contribution is 1.88. The molecule has 0 saturated heterocycles. The molecule has 0 bridgehead atoms. The quantitative estimate of drug-likeness (QED) is 0.381. The van der Waals surface area contributed by atoms with Crippen LogP contribution in [0.5, 0.6) is 0 Å². The number of hydrazine groups is 1. The van der Waals surface area contributed by atoms with Crippen LogP contribution in [0.15, 0.2) is 0 Å². The predicted molar refractivity (Wildman–Crippen MR) is 40.1 cm³/mol. The lowest BCUT2D eigenvalue weighted by molar-refractivity contribution is -0.140. The van der Waals surface area contributed by atoms with Crippen molar-refractivity contribution in [2.75, 3.05) is 6.61 Å². The van der Waals surface area contributed by atoms with Crippen molar-refractivity contribution in [3.05, 3.63) is 0 Å². The van der Waals surface area contributed by atoms with Gasteiger partial charge in [0.15, 0.2) is 0 Å². The number of nitrogens with one attached hydrogen (secondary N) is 2. The Morgan fingerprint density at radius 3 is 2.42 bits per heavy atom. The standard InChI is InChI=1S/C6H12N2O4/c1-4(10)7-8-5(2-3-9)6(11)12/h5,8-9H,2-3H2,1H3,(H,7,10)(H,11,12)/t5-/m1/s1. The lowest BCUT2D eigenvalue weighted by Crippen LogP contribution is -2.47. The molecule has 0 unspecified atom stereocenters. The number of aliphatic hydroxyl groups excluding tert-OH is 1. The Morgan fingerprint density at radius 2 is 2.08 bits per heavy atom. The molecule has 0 radical (unpaired) electrons. The van der Waals surface area contributed by atoms with E-state index in [4.69, 9.17) is 10.2 Å². The van der Waals surface area contributed by atoms with Gasteiger partial charge in [0.2, 0.25) is 5.91 Å². The fraction of sp³-hybridized carbons (Fsp3) is 0.667. The summed E-state index contributed by atoms with van der Waals surface area (Å²) in [7, 11) is 0. The molecular formula is C6H12N2O4. The number of hydrogen-bond acceptors (Lipinski definition) is 4. The van der Waals surface area contributed by atoms with E-state index in [1.807, 2.05) is 0 Å². The van der Waals surface area contributed by atoms with Crippen LogP contribution in [0, 0.1) is 0 Å². The molecule has 0 rings (SSSR count). The van der Waals surface area contributed by atoms with Gasteiger partial charge in [0.05, 0.1) is 0 Å². The van der Waals surface area contributed by atoms with Gasteiger partial charge in [-0.15, -0.1) is 0 Å². The van der Waals surface area contributed by atoms with E-state index in [9.17, 15) is 9.59 Å². The predicted octanol–water partition coefficient (Wildman–Crippen LogP) is -1.54. The van der Waals surface area contributed by atoms with Crippen molar-refractivity contribution in [2.45, 2.75) is 19.4 Å². The van der Waals surface area contributed by atoms with E-state index in [0.717, 1.165) is 0 Å². The number of rotatable bonds is 5. The summed E-state index contributed by atoms with van der Waals surface area (Å²) in [6.45, 7) is 1.01. The first-order valence-corrected chi connectivity index (χ1v) is 3.43. The van der Waals surface area contributed by atoms with Gasteiger partial charge in [-0.25, -0.2) is 5.43 Å². The first-order valence-electron chi connectivity index (χ1n) is 3.43. The fourth-order valence-corrected chi connectivity index (χ4v) is 0.575. The molecule has 6 heteroatoms. The van der Waals surface area contributed by atoms with Crippen LogP contribution in [0.25, 0.3) is 0 Å². The second-order valence-corrected chi connectivity index (χ2v) is 2.23. The summed E-state index contributed by atoms with van der Waals surface area (Å²) >= 11 is 0. The Labute approximate surface area is 69.5 Å². The topological polar surface area (TPSA) is 98.7 Å². The van der Waals surface area contributed by atoms with Crippen LogP contribution in [0.3, 0.4) is 0 Å². The van der Waals surface area contributed by atoms with Crippen LogP contribution in [-0.4, -0.2) is 34.7 Å². The molecular weight excluding hydrogens is 164 g/mol. The molecule has 0 heterocycles. The number of carboxylic acids is 1. The Hall–Kier alpha value is -1.14. The third-order valence-corrected chi connectivity index (χ3v) is 1.14. The molecule has 70 valence electrons. The molecule has 4 N–H and O–H groups in total. The van der Waals surface area contributed by atoms with Crippen LogP contribution in [0.4, 0.5) is 0 Å². The molecule has 6 nitrogen and oxygen atoms in total. The largest absolute Gasteiger partial charge is 0.480 e. The Kier molecular flexibility index (Phi) is 4.98. The number of aliphatic carboxylic acids is 1. The van der Waals surface area contributed by atoms with E-state index in [1.165, 1.54) is 6.92 Å². The van der Waals surface area contributed by atoms with Crippen LogP contribution in [-0.2, 0) is 9.59 Å². The Balaban J connectivity index is 3.79. The number of carboxylic acid groups (broad SMARTS) is 1. The van der Waals surface area contributed by atoms with Gasteiger partial charge in [0, 0.05) is 13.5 Å². The smallest absolute Gasteiger partial charge is 0.322 e. The minimum Gasteiger partial charge on any atom is -0.480 e. The van der Waals surface area contributed by atoms with Crippen molar-refractivity contribution in [3.63, 3.8) is 0 Å². The summed E-state index contributed by atoms with van der Waals surface area (Å²) in [4.78, 5) is 20.7. The summed E-state index contributed by atoms with van der Waals surface area (Å²) < 4.78 is 0. The Bertz CT molecular complexity index is 171. The Morgan fingerprint density at radius 1 is 1.50 bits per heavy atom. The highest BCUT2D eigenvalue weighted by Gasteiger charge is 2.15. The van der Waals surface area contributed by atoms with Crippen LogP contribution < -0.4 is 10.9 Å². The zero-order chi connectivity index (χ0) is 9.56. The van der Waals surface area contributed by atoms with Gasteiger partial charge < -0.3 is 10.2 Å². The maximum Gasteiger partial charge on any atom is 0.322 e. The van der Waals surface area contributed by atoms with Gasteiger partial charge in [-0.05, 0) is 6.42 Å². The normalized spacial score (nSPS) is 12.2. The summed E-state index contributed by atoms with van der Waals surface area (Å²) in [5, 5.41) is 16.9. The molecule has 1 amide bonds. The number of carbonyl (C=O) groups is 2. The molecule has 12 heavy (non-hydrogen) atoms. The lowest BCUT2D eigenvalue weighted by Gasteiger charge is -2.12. The molecule has 0 aromatic heterocycles. The van der Waals surface area contributed by atoms with Crippen molar-refractivity contribution < 1.29 is 19.8 Å². The van der Waals surface area contributed by atoms with E-state index in [-0.39, 0.29) is 18.9 Å². The average molecular weight is 176 g/mol. The lowest BCUT2D eigenvalue weighted by atomic mass is 10.2. The maximum absolute atomic E-state index is 10.4. The van der Waals surface area contributed by atoms with Gasteiger partial charge in [-0.2, -0.15) is 0 Å². The van der Waals surface area contributed by atoms with Crippen LogP contribution in [0.2, 0.25) is 0 Å². The van der Waals surface area contributed by atoms with Crippen molar-refractivity contribution in [1.82, 2.24) is 10.9 Å². The van der Waals surface area contributed by atoms with E-state index in [1.54, 1.807) is 0 Å². The van der Waals surface area contributed by atoms with Crippen molar-refractivity contribution in [1.29, 1.82) is 0 Å². The second kappa shape index (κ2) is 5.50. The van der Waals surface area contributed by atoms with Crippen molar-refractivity contribution in [3.8, 4) is 0 Å². The summed E-state index contributed by atoms with van der Waals surface area (Å²) in [6.07, 6.45) is 0.0512. The first kappa shape index (κ1) is 10.9. The monoisotopic (exact) mass is 176 g/mol. The summed E-state index contributed by atoms with van der Waals surface area (Å²) in [5.41, 5.74) is 4.39. The minimum absolute atomic E-state index is 0.0512. The van der Waals surface area contributed by atoms with Crippen LogP contribution >= 0.6 is 0 Å². The maximum atomic E-state index is 10.4.